The van der Waals surface area contributed by atoms with Gasteiger partial charge < -0.3 is 5.73 Å². The van der Waals surface area contributed by atoms with E-state index in [-0.39, 0.29) is 0 Å². The second-order valence-electron chi connectivity index (χ2n) is 3.71. The summed E-state index contributed by atoms with van der Waals surface area (Å²) in [5.41, 5.74) is 10.6. The number of benzene rings is 1. The van der Waals surface area contributed by atoms with Gasteiger partial charge in [0.15, 0.2) is 0 Å². The highest BCUT2D eigenvalue weighted by molar-refractivity contribution is 7.10. The van der Waals surface area contributed by atoms with E-state index in [0.29, 0.717) is 0 Å². The van der Waals surface area contributed by atoms with Gasteiger partial charge in [-0.1, -0.05) is 13.0 Å². The molecule has 0 amide bonds. The Balaban J connectivity index is 2.45. The molecular weight excluding hydrogens is 202 g/mol. The number of rotatable bonds is 2. The molecule has 0 bridgehead atoms. The van der Waals surface area contributed by atoms with Crippen molar-refractivity contribution in [2.24, 2.45) is 0 Å². The average Bonchev–Trinajstić information content (AvgIpc) is 2.66. The first-order valence-corrected chi connectivity index (χ1v) is 6.02. The summed E-state index contributed by atoms with van der Waals surface area (Å²) in [5.74, 6) is 0. The second kappa shape index (κ2) is 4.07. The van der Waals surface area contributed by atoms with Crippen LogP contribution in [0, 0.1) is 6.92 Å². The Morgan fingerprint density at radius 1 is 1.20 bits per heavy atom. The molecule has 0 aliphatic heterocycles. The third kappa shape index (κ3) is 2.05. The molecule has 1 aromatic carbocycles. The van der Waals surface area contributed by atoms with E-state index < -0.39 is 0 Å². The minimum Gasteiger partial charge on any atom is -0.399 e. The summed E-state index contributed by atoms with van der Waals surface area (Å²) in [6.45, 7) is 4.26. The molecule has 0 atom stereocenters. The fraction of sp³-hybridized carbons (Fsp3) is 0.231. The van der Waals surface area contributed by atoms with Crippen LogP contribution in [0.3, 0.4) is 0 Å². The van der Waals surface area contributed by atoms with Crippen LogP contribution in [0.15, 0.2) is 29.6 Å². The van der Waals surface area contributed by atoms with Gasteiger partial charge in [-0.25, -0.2) is 0 Å². The van der Waals surface area contributed by atoms with E-state index in [9.17, 15) is 0 Å². The van der Waals surface area contributed by atoms with Crippen LogP contribution in [0.1, 0.15) is 17.4 Å². The topological polar surface area (TPSA) is 26.0 Å². The molecule has 1 aromatic heterocycles. The van der Waals surface area contributed by atoms with E-state index in [1.54, 1.807) is 11.3 Å². The van der Waals surface area contributed by atoms with Gasteiger partial charge in [0.2, 0.25) is 0 Å². The highest BCUT2D eigenvalue weighted by Gasteiger charge is 2.03. The highest BCUT2D eigenvalue weighted by atomic mass is 32.1. The molecule has 2 rings (SSSR count). The van der Waals surface area contributed by atoms with Gasteiger partial charge in [-0.3, -0.25) is 0 Å². The number of aryl methyl sites for hydroxylation is 2. The van der Waals surface area contributed by atoms with Gasteiger partial charge in [-0.2, -0.15) is 0 Å². The second-order valence-corrected chi connectivity index (χ2v) is 4.83. The monoisotopic (exact) mass is 217 g/mol. The molecule has 1 heterocycles. The first-order valence-electron chi connectivity index (χ1n) is 5.14. The van der Waals surface area contributed by atoms with E-state index in [1.807, 2.05) is 6.07 Å². The molecule has 1 nitrogen and oxygen atoms in total. The molecule has 0 saturated carbocycles. The standard InChI is InChI=1S/C13H15NS/c1-3-10-7-11(4-5-13(10)14)12-6-9(2)15-8-12/h4-8H,3,14H2,1-2H3. The SMILES string of the molecule is CCc1cc(-c2csc(C)c2)ccc1N. The molecule has 0 fully saturated rings. The van der Waals surface area contributed by atoms with Crippen molar-refractivity contribution in [3.05, 3.63) is 40.1 Å². The fourth-order valence-corrected chi connectivity index (χ4v) is 2.40. The van der Waals surface area contributed by atoms with Gasteiger partial charge in [0.05, 0.1) is 0 Å². The fourth-order valence-electron chi connectivity index (χ4n) is 1.69. The Hall–Kier alpha value is -1.28. The summed E-state index contributed by atoms with van der Waals surface area (Å²) >= 11 is 1.79. The summed E-state index contributed by atoms with van der Waals surface area (Å²) in [6.07, 6.45) is 0.989. The predicted octanol–water partition coefficient (Wildman–Crippen LogP) is 3.87. The van der Waals surface area contributed by atoms with Crippen LogP contribution in [0.5, 0.6) is 0 Å². The summed E-state index contributed by atoms with van der Waals surface area (Å²) in [5, 5.41) is 2.19. The Kier molecular flexibility index (Phi) is 2.78. The van der Waals surface area contributed by atoms with Crippen molar-refractivity contribution in [2.75, 3.05) is 5.73 Å². The molecule has 0 radical (unpaired) electrons. The van der Waals surface area contributed by atoms with Crippen molar-refractivity contribution in [3.8, 4) is 11.1 Å². The molecule has 0 spiro atoms. The molecule has 0 aliphatic carbocycles. The Morgan fingerprint density at radius 3 is 2.60 bits per heavy atom. The largest absolute Gasteiger partial charge is 0.399 e. The normalized spacial score (nSPS) is 10.5. The maximum Gasteiger partial charge on any atom is 0.0346 e. The molecule has 0 aliphatic rings. The molecule has 0 saturated heterocycles. The number of nitrogens with two attached hydrogens (primary N) is 1. The lowest BCUT2D eigenvalue weighted by atomic mass is 10.0. The molecular formula is C13H15NS. The maximum absolute atomic E-state index is 5.89. The van der Waals surface area contributed by atoms with Gasteiger partial charge in [-0.15, -0.1) is 11.3 Å². The number of hydrogen-bond acceptors (Lipinski definition) is 2. The number of nitrogen functional groups attached to an aromatic ring is 1. The number of hydrogen-bond donors (Lipinski definition) is 1. The highest BCUT2D eigenvalue weighted by Crippen LogP contribution is 2.27. The van der Waals surface area contributed by atoms with Gasteiger partial charge in [0.1, 0.15) is 0 Å². The molecule has 15 heavy (non-hydrogen) atoms. The zero-order valence-electron chi connectivity index (χ0n) is 9.08. The lowest BCUT2D eigenvalue weighted by Gasteiger charge is -2.05. The average molecular weight is 217 g/mol. The number of anilines is 1. The van der Waals surface area contributed by atoms with Gasteiger partial charge in [0, 0.05) is 10.6 Å². The first kappa shape index (κ1) is 10.2. The molecule has 2 heteroatoms. The predicted molar refractivity (Wildman–Crippen MR) is 68.3 cm³/mol. The van der Waals surface area contributed by atoms with Crippen LogP contribution >= 0.6 is 11.3 Å². The summed E-state index contributed by atoms with van der Waals surface area (Å²) in [4.78, 5) is 1.35. The van der Waals surface area contributed by atoms with Crippen molar-refractivity contribution < 1.29 is 0 Å². The maximum atomic E-state index is 5.89. The summed E-state index contributed by atoms with van der Waals surface area (Å²) in [7, 11) is 0. The first-order chi connectivity index (χ1) is 7.20. The lowest BCUT2D eigenvalue weighted by Crippen LogP contribution is -1.92. The van der Waals surface area contributed by atoms with Crippen LogP contribution in [0.25, 0.3) is 11.1 Å². The Labute approximate surface area is 94.6 Å². The van der Waals surface area contributed by atoms with E-state index in [0.717, 1.165) is 12.1 Å². The molecule has 2 aromatic rings. The zero-order valence-corrected chi connectivity index (χ0v) is 9.90. The van der Waals surface area contributed by atoms with E-state index >= 15 is 0 Å². The van der Waals surface area contributed by atoms with Crippen molar-refractivity contribution in [2.45, 2.75) is 20.3 Å². The van der Waals surface area contributed by atoms with Gasteiger partial charge >= 0.3 is 0 Å². The van der Waals surface area contributed by atoms with Crippen LogP contribution in [-0.2, 0) is 6.42 Å². The lowest BCUT2D eigenvalue weighted by molar-refractivity contribution is 1.15. The van der Waals surface area contributed by atoms with Gasteiger partial charge in [0.25, 0.3) is 0 Å². The quantitative estimate of drug-likeness (QED) is 0.759. The zero-order chi connectivity index (χ0) is 10.8. The van der Waals surface area contributed by atoms with Crippen LogP contribution < -0.4 is 5.73 Å². The third-order valence-corrected chi connectivity index (χ3v) is 3.45. The van der Waals surface area contributed by atoms with Crippen LogP contribution in [0.2, 0.25) is 0 Å². The Morgan fingerprint density at radius 2 is 2.00 bits per heavy atom. The third-order valence-electron chi connectivity index (χ3n) is 2.59. The van der Waals surface area contributed by atoms with Crippen molar-refractivity contribution >= 4 is 17.0 Å². The minimum absolute atomic E-state index is 0.896. The summed E-state index contributed by atoms with van der Waals surface area (Å²) in [6, 6.07) is 8.50. The van der Waals surface area contributed by atoms with Crippen LogP contribution in [-0.4, -0.2) is 0 Å². The van der Waals surface area contributed by atoms with E-state index in [1.165, 1.54) is 21.6 Å². The van der Waals surface area contributed by atoms with Crippen molar-refractivity contribution in [1.29, 1.82) is 0 Å². The Bertz CT molecular complexity index is 471. The smallest absolute Gasteiger partial charge is 0.0346 e. The minimum atomic E-state index is 0.896. The molecule has 2 N–H and O–H groups in total. The summed E-state index contributed by atoms with van der Waals surface area (Å²) < 4.78 is 0. The van der Waals surface area contributed by atoms with Crippen molar-refractivity contribution in [3.63, 3.8) is 0 Å². The van der Waals surface area contributed by atoms with Crippen LogP contribution in [0.4, 0.5) is 5.69 Å². The van der Waals surface area contributed by atoms with Gasteiger partial charge in [-0.05, 0) is 53.6 Å². The van der Waals surface area contributed by atoms with E-state index in [4.69, 9.17) is 5.73 Å². The van der Waals surface area contributed by atoms with E-state index in [2.05, 4.69) is 37.4 Å². The molecule has 0 unspecified atom stereocenters. The number of thiophene rings is 1. The van der Waals surface area contributed by atoms with Crippen molar-refractivity contribution in [1.82, 2.24) is 0 Å². The molecule has 78 valence electrons.